The van der Waals surface area contributed by atoms with Crippen molar-refractivity contribution < 1.29 is 19.3 Å². The first-order valence-electron chi connectivity index (χ1n) is 15.1. The zero-order valence-corrected chi connectivity index (χ0v) is 27.3. The molecule has 240 valence electrons. The van der Waals surface area contributed by atoms with Gasteiger partial charge in [-0.1, -0.05) is 24.3 Å². The van der Waals surface area contributed by atoms with E-state index in [0.29, 0.717) is 48.0 Å². The Morgan fingerprint density at radius 2 is 1.06 bits per heavy atom. The molecule has 0 unspecified atom stereocenters. The number of pyridine rings is 2. The third-order valence-electron chi connectivity index (χ3n) is 7.56. The van der Waals surface area contributed by atoms with E-state index in [-0.39, 0.29) is 6.61 Å². The summed E-state index contributed by atoms with van der Waals surface area (Å²) in [7, 11) is 0. The summed E-state index contributed by atoms with van der Waals surface area (Å²) < 4.78 is 17.6. The van der Waals surface area contributed by atoms with Crippen molar-refractivity contribution in [3.8, 4) is 35.5 Å². The molecule has 5 rings (SSSR count). The van der Waals surface area contributed by atoms with Crippen molar-refractivity contribution in [1.82, 2.24) is 9.97 Å². The lowest BCUT2D eigenvalue weighted by molar-refractivity contribution is 0.274. The Kier molecular flexibility index (Phi) is 12.2. The Labute approximate surface area is 280 Å². The average Bonchev–Trinajstić information content (AvgIpc) is 3.12. The summed E-state index contributed by atoms with van der Waals surface area (Å²) in [5, 5.41) is 36.0. The zero-order chi connectivity index (χ0) is 34.5. The predicted octanol–water partition coefficient (Wildman–Crippen LogP) is 7.24. The van der Waals surface area contributed by atoms with Crippen LogP contribution in [0.25, 0.3) is 0 Å². The Morgan fingerprint density at radius 1 is 0.583 bits per heavy atom. The average molecular weight is 638 g/mol. The Hall–Kier alpha value is -6.21. The van der Waals surface area contributed by atoms with Crippen LogP contribution in [0, 0.1) is 61.7 Å². The van der Waals surface area contributed by atoms with Crippen LogP contribution in [-0.4, -0.2) is 15.1 Å². The first-order valence-corrected chi connectivity index (χ1v) is 15.1. The summed E-state index contributed by atoms with van der Waals surface area (Å²) in [6.45, 7) is 8.68. The van der Waals surface area contributed by atoms with Gasteiger partial charge < -0.3 is 19.3 Å². The maximum Gasteiger partial charge on any atom is 0.144 e. The lowest BCUT2D eigenvalue weighted by Crippen LogP contribution is -2.05. The second-order valence-corrected chi connectivity index (χ2v) is 10.9. The highest BCUT2D eigenvalue weighted by Crippen LogP contribution is 2.27. The van der Waals surface area contributed by atoms with Crippen molar-refractivity contribution in [3.63, 3.8) is 0 Å². The molecule has 0 atom stereocenters. The Morgan fingerprint density at radius 3 is 1.54 bits per heavy atom. The summed E-state index contributed by atoms with van der Waals surface area (Å²) >= 11 is 0. The third kappa shape index (κ3) is 9.17. The van der Waals surface area contributed by atoms with Gasteiger partial charge >= 0.3 is 0 Å². The first kappa shape index (κ1) is 34.7. The quantitative estimate of drug-likeness (QED) is 0.167. The van der Waals surface area contributed by atoms with E-state index in [4.69, 9.17) is 30.0 Å². The molecule has 3 aromatic carbocycles. The molecular weight excluding hydrogens is 602 g/mol. The first-order chi connectivity index (χ1) is 23.3. The maximum atomic E-state index is 9.26. The number of aromatic nitrogens is 2. The van der Waals surface area contributed by atoms with E-state index in [0.717, 1.165) is 50.5 Å². The monoisotopic (exact) mass is 637 g/mol. The van der Waals surface area contributed by atoms with Gasteiger partial charge in [-0.05, 0) is 92.9 Å². The smallest absolute Gasteiger partial charge is 0.144 e. The standard InChI is InChI=1S/C23H19N3O2.C16H16N2O2/c1-16-21(15-27-22-8-6-18(11-24)7-9-22)13-26-17(2)23(16)28-14-20-5-3-4-19(10-20)12-25;1-11-15(9-19)8-18-12(2)16(11)20-10-14-5-3-4-13(6-14)7-17/h3-10,13H,14-15H2,1-2H3;3-6,8,19H,9-10H2,1-2H3. The minimum absolute atomic E-state index is 0.0562. The second kappa shape index (κ2) is 16.9. The molecule has 0 aliphatic heterocycles. The Balaban J connectivity index is 0.000000229. The van der Waals surface area contributed by atoms with Gasteiger partial charge in [-0.25, -0.2) is 0 Å². The van der Waals surface area contributed by atoms with Crippen LogP contribution in [0.1, 0.15) is 61.5 Å². The van der Waals surface area contributed by atoms with Crippen LogP contribution in [0.2, 0.25) is 0 Å². The van der Waals surface area contributed by atoms with Crippen molar-refractivity contribution in [2.24, 2.45) is 0 Å². The number of aryl methyl sites for hydroxylation is 2. The van der Waals surface area contributed by atoms with Crippen molar-refractivity contribution in [1.29, 1.82) is 15.8 Å². The number of rotatable bonds is 10. The molecule has 0 saturated carbocycles. The van der Waals surface area contributed by atoms with E-state index in [9.17, 15) is 5.11 Å². The number of hydrogen-bond donors (Lipinski definition) is 1. The van der Waals surface area contributed by atoms with Gasteiger partial charge in [0.1, 0.15) is 37.1 Å². The molecule has 0 spiro atoms. The highest BCUT2D eigenvalue weighted by atomic mass is 16.5. The fourth-order valence-electron chi connectivity index (χ4n) is 4.78. The molecule has 0 fully saturated rings. The van der Waals surface area contributed by atoms with Crippen molar-refractivity contribution in [2.75, 3.05) is 0 Å². The molecule has 0 bridgehead atoms. The van der Waals surface area contributed by atoms with Crippen molar-refractivity contribution in [3.05, 3.63) is 147 Å². The summed E-state index contributed by atoms with van der Waals surface area (Å²) in [6, 6.07) is 28.0. The molecule has 0 radical (unpaired) electrons. The number of nitriles is 3. The molecule has 9 nitrogen and oxygen atoms in total. The largest absolute Gasteiger partial charge is 0.489 e. The van der Waals surface area contributed by atoms with Crippen LogP contribution < -0.4 is 14.2 Å². The van der Waals surface area contributed by atoms with Crippen molar-refractivity contribution >= 4 is 0 Å². The minimum atomic E-state index is -0.0562. The van der Waals surface area contributed by atoms with Crippen LogP contribution in [0.15, 0.2) is 85.2 Å². The molecular formula is C39H35N5O4. The van der Waals surface area contributed by atoms with Gasteiger partial charge in [0.25, 0.3) is 0 Å². The summed E-state index contributed by atoms with van der Waals surface area (Å²) in [5.41, 5.74) is 8.82. The molecule has 0 saturated heterocycles. The van der Waals surface area contributed by atoms with Gasteiger partial charge in [-0.3, -0.25) is 9.97 Å². The summed E-state index contributed by atoms with van der Waals surface area (Å²) in [5.74, 6) is 2.11. The molecule has 0 amide bonds. The van der Waals surface area contributed by atoms with Gasteiger partial charge in [0.2, 0.25) is 0 Å². The van der Waals surface area contributed by atoms with Crippen LogP contribution in [0.3, 0.4) is 0 Å². The second-order valence-electron chi connectivity index (χ2n) is 10.9. The number of aliphatic hydroxyl groups is 1. The van der Waals surface area contributed by atoms with E-state index < -0.39 is 0 Å². The van der Waals surface area contributed by atoms with E-state index in [1.54, 1.807) is 54.9 Å². The normalized spacial score (nSPS) is 10.0. The summed E-state index contributed by atoms with van der Waals surface area (Å²) in [6.07, 6.45) is 3.45. The van der Waals surface area contributed by atoms with Crippen molar-refractivity contribution in [2.45, 2.75) is 54.1 Å². The lowest BCUT2D eigenvalue weighted by atomic mass is 10.1. The van der Waals surface area contributed by atoms with Gasteiger partial charge in [0.05, 0.1) is 52.9 Å². The zero-order valence-electron chi connectivity index (χ0n) is 27.3. The van der Waals surface area contributed by atoms with E-state index in [1.807, 2.05) is 58.0 Å². The van der Waals surface area contributed by atoms with E-state index >= 15 is 0 Å². The van der Waals surface area contributed by atoms with Gasteiger partial charge in [0.15, 0.2) is 0 Å². The Bertz CT molecular complexity index is 2000. The molecule has 2 heterocycles. The van der Waals surface area contributed by atoms with Crippen LogP contribution in [0.4, 0.5) is 0 Å². The number of hydrogen-bond acceptors (Lipinski definition) is 9. The molecule has 0 aliphatic rings. The summed E-state index contributed by atoms with van der Waals surface area (Å²) in [4.78, 5) is 8.64. The molecule has 2 aromatic heterocycles. The molecule has 48 heavy (non-hydrogen) atoms. The number of aliphatic hydroxyl groups excluding tert-OH is 1. The topological polar surface area (TPSA) is 145 Å². The molecule has 5 aromatic rings. The molecule has 0 aliphatic carbocycles. The molecule has 1 N–H and O–H groups in total. The SMILES string of the molecule is Cc1ncc(CO)c(C)c1OCc1cccc(C#N)c1.Cc1ncc(COc2ccc(C#N)cc2)c(C)c1OCc1cccc(C#N)c1. The van der Waals surface area contributed by atoms with Crippen LogP contribution >= 0.6 is 0 Å². The van der Waals surface area contributed by atoms with Crippen LogP contribution in [0.5, 0.6) is 17.2 Å². The van der Waals surface area contributed by atoms with Gasteiger partial charge in [-0.15, -0.1) is 0 Å². The van der Waals surface area contributed by atoms with E-state index in [1.165, 1.54) is 0 Å². The third-order valence-corrected chi connectivity index (χ3v) is 7.56. The number of nitrogens with zero attached hydrogens (tertiary/aromatic N) is 5. The highest BCUT2D eigenvalue weighted by Gasteiger charge is 2.12. The van der Waals surface area contributed by atoms with Crippen LogP contribution in [-0.2, 0) is 26.4 Å². The number of benzene rings is 3. The van der Waals surface area contributed by atoms with Gasteiger partial charge in [0, 0.05) is 29.1 Å². The fourth-order valence-corrected chi connectivity index (χ4v) is 4.78. The maximum absolute atomic E-state index is 9.26. The lowest BCUT2D eigenvalue weighted by Gasteiger charge is -2.15. The minimum Gasteiger partial charge on any atom is -0.489 e. The number of ether oxygens (including phenoxy) is 3. The van der Waals surface area contributed by atoms with E-state index in [2.05, 4.69) is 28.2 Å². The fraction of sp³-hybridized carbons (Fsp3) is 0.205. The molecule has 9 heteroatoms. The van der Waals surface area contributed by atoms with Gasteiger partial charge in [-0.2, -0.15) is 15.8 Å². The predicted molar refractivity (Wildman–Crippen MR) is 180 cm³/mol. The highest BCUT2D eigenvalue weighted by molar-refractivity contribution is 5.43.